The zero-order chi connectivity index (χ0) is 46.1. The number of nitrogens with zero attached hydrogens (tertiary/aromatic N) is 2. The Labute approximate surface area is 401 Å². The highest BCUT2D eigenvalue weighted by Gasteiger charge is 2.45. The monoisotopic (exact) mass is 894 g/mol. The van der Waals surface area contributed by atoms with Gasteiger partial charge in [0.25, 0.3) is 6.71 Å². The summed E-state index contributed by atoms with van der Waals surface area (Å²) >= 11 is 0. The molecular formula is C62H47BN2O4. The average Bonchev–Trinajstić information content (AvgIpc) is 3.83. The fourth-order valence-electron chi connectivity index (χ4n) is 11.3. The number of benzene rings is 9. The van der Waals surface area contributed by atoms with Gasteiger partial charge >= 0.3 is 0 Å². The lowest BCUT2D eigenvalue weighted by atomic mass is 9.33. The highest BCUT2D eigenvalue weighted by atomic mass is 16.5. The summed E-state index contributed by atoms with van der Waals surface area (Å²) in [6.45, 7) is 10.3. The molecular weight excluding hydrogens is 848 g/mol. The van der Waals surface area contributed by atoms with Gasteiger partial charge in [-0.15, -0.1) is 0 Å². The molecule has 0 amide bonds. The topological polar surface area (TPSA) is 51.2 Å². The van der Waals surface area contributed by atoms with E-state index >= 15 is 0 Å². The highest BCUT2D eigenvalue weighted by molar-refractivity contribution is 7.00. The van der Waals surface area contributed by atoms with Crippen LogP contribution in [0, 0.1) is 6.92 Å². The minimum Gasteiger partial charge on any atom is -0.489 e. The lowest BCUT2D eigenvalue weighted by Gasteiger charge is -2.45. The van der Waals surface area contributed by atoms with Crippen molar-refractivity contribution in [2.75, 3.05) is 23.0 Å². The minimum atomic E-state index is -0.0837. The highest BCUT2D eigenvalue weighted by Crippen LogP contribution is 2.50. The van der Waals surface area contributed by atoms with E-state index in [-0.39, 0.29) is 12.1 Å². The molecule has 6 nitrogen and oxygen atoms in total. The van der Waals surface area contributed by atoms with E-state index in [1.807, 2.05) is 30.3 Å². The van der Waals surface area contributed by atoms with Gasteiger partial charge in [0, 0.05) is 56.4 Å². The van der Waals surface area contributed by atoms with E-state index in [1.54, 1.807) is 0 Å². The van der Waals surface area contributed by atoms with Crippen molar-refractivity contribution in [3.8, 4) is 33.8 Å². The third kappa shape index (κ3) is 6.19. The van der Waals surface area contributed by atoms with Gasteiger partial charge in [-0.3, -0.25) is 0 Å². The van der Waals surface area contributed by atoms with E-state index in [2.05, 4.69) is 183 Å². The largest absolute Gasteiger partial charge is 0.489 e. The molecule has 0 saturated carbocycles. The van der Waals surface area contributed by atoms with Gasteiger partial charge in [0.05, 0.1) is 18.9 Å². The maximum absolute atomic E-state index is 6.63. The van der Waals surface area contributed by atoms with Crippen molar-refractivity contribution in [1.82, 2.24) is 0 Å². The van der Waals surface area contributed by atoms with Gasteiger partial charge in [0.1, 0.15) is 22.3 Å². The van der Waals surface area contributed by atoms with Crippen molar-refractivity contribution in [2.45, 2.75) is 39.5 Å². The zero-order valence-corrected chi connectivity index (χ0v) is 39.0. The Morgan fingerprint density at radius 2 is 1.01 bits per heavy atom. The van der Waals surface area contributed by atoms with E-state index < -0.39 is 0 Å². The molecule has 0 saturated heterocycles. The second-order valence-electron chi connectivity index (χ2n) is 19.9. The number of hydrogen-bond acceptors (Lipinski definition) is 6. The average molecular weight is 895 g/mol. The van der Waals surface area contributed by atoms with E-state index in [4.69, 9.17) is 18.3 Å². The Hall–Kier alpha value is -8.16. The third-order valence-corrected chi connectivity index (χ3v) is 14.6. The second kappa shape index (κ2) is 14.9. The molecule has 0 radical (unpaired) electrons. The van der Waals surface area contributed by atoms with Crippen LogP contribution in [0.25, 0.3) is 66.1 Å². The Balaban J connectivity index is 0.994. The summed E-state index contributed by atoms with van der Waals surface area (Å²) in [6, 6.07) is 64.1. The molecule has 7 heteroatoms. The predicted octanol–water partition coefficient (Wildman–Crippen LogP) is 14.7. The first kappa shape index (κ1) is 40.0. The molecule has 0 spiro atoms. The Morgan fingerprint density at radius 1 is 0.449 bits per heavy atom. The zero-order valence-electron chi connectivity index (χ0n) is 39.0. The molecule has 69 heavy (non-hydrogen) atoms. The van der Waals surface area contributed by atoms with Gasteiger partial charge in [-0.1, -0.05) is 112 Å². The molecule has 0 bridgehead atoms. The van der Waals surface area contributed by atoms with Crippen LogP contribution in [0.4, 0.5) is 34.1 Å². The lowest BCUT2D eigenvalue weighted by molar-refractivity contribution is 0.297. The van der Waals surface area contributed by atoms with E-state index in [0.717, 1.165) is 118 Å². The summed E-state index contributed by atoms with van der Waals surface area (Å²) in [7, 11) is 0. The summed E-state index contributed by atoms with van der Waals surface area (Å²) < 4.78 is 25.8. The molecule has 0 atom stereocenters. The SMILES string of the molecule is Cc1cc2c3c(c1)N(c1cccc4c1OCCCO4)c1ccc(C(C)(C)C)cc1B3c1cc(-c3ccc4c(c3)oc3ccccc34)ccc1N2c1ccc(-c2ccc3c(c2)oc2ccccc23)cc1. The van der Waals surface area contributed by atoms with Gasteiger partial charge in [0.2, 0.25) is 0 Å². The molecule has 3 aliphatic rings. The van der Waals surface area contributed by atoms with Crippen LogP contribution in [0.5, 0.6) is 11.5 Å². The van der Waals surface area contributed by atoms with Crippen LogP contribution in [-0.2, 0) is 5.41 Å². The quantitative estimate of drug-likeness (QED) is 0.164. The van der Waals surface area contributed by atoms with Crippen molar-refractivity contribution in [3.05, 3.63) is 187 Å². The van der Waals surface area contributed by atoms with Crippen molar-refractivity contribution in [1.29, 1.82) is 0 Å². The summed E-state index contributed by atoms with van der Waals surface area (Å²) in [4.78, 5) is 4.93. The molecule has 14 rings (SSSR count). The molecule has 332 valence electrons. The van der Waals surface area contributed by atoms with E-state index in [1.165, 1.54) is 27.5 Å². The smallest absolute Gasteiger partial charge is 0.252 e. The van der Waals surface area contributed by atoms with Gasteiger partial charge in [-0.25, -0.2) is 0 Å². The maximum Gasteiger partial charge on any atom is 0.252 e. The molecule has 0 unspecified atom stereocenters. The number of rotatable bonds is 4. The maximum atomic E-state index is 6.63. The van der Waals surface area contributed by atoms with Crippen molar-refractivity contribution < 1.29 is 18.3 Å². The van der Waals surface area contributed by atoms with Gasteiger partial charge in [0.15, 0.2) is 11.5 Å². The predicted molar refractivity (Wildman–Crippen MR) is 285 cm³/mol. The van der Waals surface area contributed by atoms with Crippen LogP contribution in [0.1, 0.15) is 38.3 Å². The molecule has 0 N–H and O–H groups in total. The summed E-state index contributed by atoms with van der Waals surface area (Å²) in [6.07, 6.45) is 0.826. The summed E-state index contributed by atoms with van der Waals surface area (Å²) in [5, 5.41) is 4.52. The lowest BCUT2D eigenvalue weighted by Crippen LogP contribution is -2.61. The number of anilines is 6. The molecule has 11 aromatic rings. The number of ether oxygens (including phenoxy) is 2. The van der Waals surface area contributed by atoms with Crippen LogP contribution >= 0.6 is 0 Å². The van der Waals surface area contributed by atoms with Crippen LogP contribution in [0.2, 0.25) is 0 Å². The molecule has 3 aliphatic heterocycles. The van der Waals surface area contributed by atoms with Gasteiger partial charge < -0.3 is 28.1 Å². The van der Waals surface area contributed by atoms with Crippen molar-refractivity contribution >= 4 is 101 Å². The second-order valence-corrected chi connectivity index (χ2v) is 19.9. The number of aryl methyl sites for hydroxylation is 1. The fraction of sp³-hybridized carbons (Fsp3) is 0.129. The van der Waals surface area contributed by atoms with Crippen LogP contribution < -0.4 is 35.7 Å². The van der Waals surface area contributed by atoms with Gasteiger partial charge in [-0.05, 0) is 147 Å². The standard InChI is InChI=1S/C62H47BN2O4/c1-37-31-53-60-54(32-37)65(52-13-9-16-57-61(52)67-30-10-29-66-57)51-28-22-42(62(2,3)4)36-49(51)63(60)48-33-39(41-20-26-47-45-12-6-8-15-56(45)69-59(47)35-41)21-27-50(48)64(53)43-23-17-38(18-24-43)40-19-25-46-44-11-5-7-14-55(44)68-58(46)34-40/h5-9,11-28,31-36H,10,29-30H2,1-4H3. The Bertz CT molecular complexity index is 3910. The van der Waals surface area contributed by atoms with Crippen molar-refractivity contribution in [3.63, 3.8) is 0 Å². The molecule has 0 fully saturated rings. The Kier molecular flexibility index (Phi) is 8.64. The number of para-hydroxylation sites is 3. The van der Waals surface area contributed by atoms with Crippen molar-refractivity contribution in [2.24, 2.45) is 0 Å². The molecule has 2 aromatic heterocycles. The van der Waals surface area contributed by atoms with E-state index in [9.17, 15) is 0 Å². The van der Waals surface area contributed by atoms with Gasteiger partial charge in [-0.2, -0.15) is 0 Å². The molecule has 9 aromatic carbocycles. The normalized spacial score (nSPS) is 14.1. The minimum absolute atomic E-state index is 0.0823. The fourth-order valence-corrected chi connectivity index (χ4v) is 11.3. The number of hydrogen-bond donors (Lipinski definition) is 0. The van der Waals surface area contributed by atoms with Crippen LogP contribution in [-0.4, -0.2) is 19.9 Å². The first-order valence-electron chi connectivity index (χ1n) is 24.1. The summed E-state index contributed by atoms with van der Waals surface area (Å²) in [5.74, 6) is 1.56. The third-order valence-electron chi connectivity index (χ3n) is 14.6. The number of fused-ring (bicyclic) bond motifs is 11. The molecule has 0 aliphatic carbocycles. The Morgan fingerprint density at radius 3 is 1.72 bits per heavy atom. The first-order chi connectivity index (χ1) is 33.7. The summed E-state index contributed by atoms with van der Waals surface area (Å²) in [5.41, 5.74) is 20.8. The number of furan rings is 2. The van der Waals surface area contributed by atoms with Crippen LogP contribution in [0.15, 0.2) is 185 Å². The first-order valence-corrected chi connectivity index (χ1v) is 24.1. The van der Waals surface area contributed by atoms with Crippen LogP contribution in [0.3, 0.4) is 0 Å². The molecule has 5 heterocycles. The van der Waals surface area contributed by atoms with E-state index in [0.29, 0.717) is 13.2 Å².